The molecule has 0 aliphatic rings. The van der Waals surface area contributed by atoms with Crippen molar-refractivity contribution in [1.82, 2.24) is 5.43 Å². The Balaban J connectivity index is 2.16. The molecule has 0 bridgehead atoms. The van der Waals surface area contributed by atoms with Crippen molar-refractivity contribution in [1.29, 1.82) is 0 Å². The number of methoxy groups -OCH3 is 1. The van der Waals surface area contributed by atoms with Crippen LogP contribution in [-0.2, 0) is 15.0 Å². The van der Waals surface area contributed by atoms with Crippen LogP contribution in [0.15, 0.2) is 35.4 Å². The monoisotopic (exact) mass is 544 g/mol. The topological polar surface area (TPSA) is 172 Å². The largest absolute Gasteiger partial charge is 0.488 e. The van der Waals surface area contributed by atoms with Crippen molar-refractivity contribution in [2.24, 2.45) is 10.5 Å². The fourth-order valence-electron chi connectivity index (χ4n) is 4.27. The number of amides is 1. The second kappa shape index (κ2) is 12.3. The van der Waals surface area contributed by atoms with Gasteiger partial charge in [0.1, 0.15) is 0 Å². The van der Waals surface area contributed by atoms with E-state index in [1.165, 1.54) is 31.4 Å². The molecule has 0 atom stereocenters. The normalized spacial score (nSPS) is 11.7. The maximum absolute atomic E-state index is 12.3. The van der Waals surface area contributed by atoms with Crippen LogP contribution in [0.1, 0.15) is 59.1 Å². The van der Waals surface area contributed by atoms with Crippen molar-refractivity contribution >= 4 is 29.5 Å². The Morgan fingerprint density at radius 2 is 1.67 bits per heavy atom. The highest BCUT2D eigenvalue weighted by Gasteiger charge is 2.30. The smallest absolute Gasteiger partial charge is 0.323 e. The minimum atomic E-state index is -0.760. The molecule has 0 radical (unpaired) electrons. The molecule has 13 nitrogen and oxygen atoms in total. The van der Waals surface area contributed by atoms with Gasteiger partial charge >= 0.3 is 17.3 Å². The minimum Gasteiger partial charge on any atom is -0.488 e. The van der Waals surface area contributed by atoms with E-state index in [2.05, 4.69) is 31.3 Å². The van der Waals surface area contributed by atoms with Gasteiger partial charge in [-0.25, -0.2) is 5.43 Å². The molecular weight excluding hydrogens is 512 g/mol. The summed E-state index contributed by atoms with van der Waals surface area (Å²) < 4.78 is 15.3. The van der Waals surface area contributed by atoms with E-state index in [9.17, 15) is 29.8 Å². The zero-order valence-electron chi connectivity index (χ0n) is 22.9. The summed E-state index contributed by atoms with van der Waals surface area (Å²) in [5.41, 5.74) is 1.73. The number of rotatable bonds is 11. The first-order chi connectivity index (χ1) is 18.1. The lowest BCUT2D eigenvalue weighted by Crippen LogP contribution is -2.26. The van der Waals surface area contributed by atoms with Crippen molar-refractivity contribution in [3.63, 3.8) is 0 Å². The molecule has 2 rings (SSSR count). The standard InChI is InChI=1S/C26H32N4O9/c1-16(31)39-21-10-8-17(23(30(35)36)24(21)37-7)13-27-28-22(32)14-38-20-11-9-18(12-19(20)29(33)34)26(5,6)15-25(2,3)4/h8-13H,14-15H2,1-7H3,(H,28,32)/b27-13+. The van der Waals surface area contributed by atoms with Gasteiger partial charge < -0.3 is 14.2 Å². The molecule has 0 saturated carbocycles. The number of nitrogens with one attached hydrogen (secondary N) is 1. The number of esters is 1. The molecule has 0 unspecified atom stereocenters. The van der Waals surface area contributed by atoms with Crippen LogP contribution < -0.4 is 19.6 Å². The Labute approximate surface area is 225 Å². The summed E-state index contributed by atoms with van der Waals surface area (Å²) in [5, 5.41) is 27.0. The molecule has 0 aliphatic heterocycles. The van der Waals surface area contributed by atoms with Gasteiger partial charge in [-0.1, -0.05) is 40.7 Å². The summed E-state index contributed by atoms with van der Waals surface area (Å²) in [6.45, 7) is 10.8. The van der Waals surface area contributed by atoms with Crippen LogP contribution in [0, 0.1) is 25.6 Å². The van der Waals surface area contributed by atoms with Crippen molar-refractivity contribution < 1.29 is 33.6 Å². The molecular formula is C26H32N4O9. The average Bonchev–Trinajstić information content (AvgIpc) is 2.80. The van der Waals surface area contributed by atoms with E-state index in [4.69, 9.17) is 14.2 Å². The number of benzene rings is 2. The molecule has 0 heterocycles. The average molecular weight is 545 g/mol. The highest BCUT2D eigenvalue weighted by Crippen LogP contribution is 2.40. The van der Waals surface area contributed by atoms with E-state index in [1.807, 2.05) is 13.8 Å². The summed E-state index contributed by atoms with van der Waals surface area (Å²) in [6.07, 6.45) is 1.79. The van der Waals surface area contributed by atoms with E-state index >= 15 is 0 Å². The SMILES string of the molecule is COc1c(OC(C)=O)ccc(/C=N/NC(=O)COc2ccc(C(C)(C)CC(C)(C)C)cc2[N+](=O)[O-])c1[N+](=O)[O-]. The number of nitro benzene ring substituents is 2. The van der Waals surface area contributed by atoms with Crippen molar-refractivity contribution in [2.45, 2.75) is 53.4 Å². The maximum atomic E-state index is 12.3. The van der Waals surface area contributed by atoms with Crippen LogP contribution in [0.5, 0.6) is 17.2 Å². The maximum Gasteiger partial charge on any atom is 0.323 e. The van der Waals surface area contributed by atoms with E-state index in [-0.39, 0.29) is 39.3 Å². The third kappa shape index (κ3) is 8.48. The number of carbonyl (C=O) groups is 2. The summed E-state index contributed by atoms with van der Waals surface area (Å²) >= 11 is 0. The first-order valence-electron chi connectivity index (χ1n) is 11.8. The van der Waals surface area contributed by atoms with Crippen LogP contribution >= 0.6 is 0 Å². The van der Waals surface area contributed by atoms with Crippen molar-refractivity contribution in [2.75, 3.05) is 13.7 Å². The molecule has 39 heavy (non-hydrogen) atoms. The Bertz CT molecular complexity index is 1300. The lowest BCUT2D eigenvalue weighted by Gasteiger charge is -2.33. The molecule has 1 N–H and O–H groups in total. The Hall–Kier alpha value is -4.55. The summed E-state index contributed by atoms with van der Waals surface area (Å²) in [6, 6.07) is 7.18. The second-order valence-corrected chi connectivity index (χ2v) is 10.5. The first kappa shape index (κ1) is 30.7. The molecule has 2 aromatic rings. The van der Waals surface area contributed by atoms with Gasteiger partial charge in [0.15, 0.2) is 18.1 Å². The number of hydrogen-bond acceptors (Lipinski definition) is 10. The van der Waals surface area contributed by atoms with Crippen LogP contribution in [-0.4, -0.2) is 41.7 Å². The fourth-order valence-corrected chi connectivity index (χ4v) is 4.27. The molecule has 0 fully saturated rings. The zero-order chi connectivity index (χ0) is 29.5. The summed E-state index contributed by atoms with van der Waals surface area (Å²) in [5.74, 6) is -1.99. The summed E-state index contributed by atoms with van der Waals surface area (Å²) in [7, 11) is 1.17. The molecule has 0 spiro atoms. The molecule has 1 amide bonds. The molecule has 0 aromatic heterocycles. The van der Waals surface area contributed by atoms with Crippen LogP contribution in [0.25, 0.3) is 0 Å². The van der Waals surface area contributed by atoms with Gasteiger partial charge in [-0.15, -0.1) is 0 Å². The number of carbonyl (C=O) groups excluding carboxylic acids is 2. The number of hydrogen-bond donors (Lipinski definition) is 1. The summed E-state index contributed by atoms with van der Waals surface area (Å²) in [4.78, 5) is 45.5. The van der Waals surface area contributed by atoms with E-state index in [0.29, 0.717) is 0 Å². The quantitative estimate of drug-likeness (QED) is 0.138. The van der Waals surface area contributed by atoms with Gasteiger partial charge in [-0.3, -0.25) is 29.8 Å². The van der Waals surface area contributed by atoms with Gasteiger partial charge in [0.2, 0.25) is 5.75 Å². The number of hydrazone groups is 1. The third-order valence-electron chi connectivity index (χ3n) is 5.43. The Morgan fingerprint density at radius 3 is 2.21 bits per heavy atom. The fraction of sp³-hybridized carbons (Fsp3) is 0.423. The van der Waals surface area contributed by atoms with Crippen molar-refractivity contribution in [3.05, 3.63) is 61.7 Å². The first-order valence-corrected chi connectivity index (χ1v) is 11.8. The predicted octanol–water partition coefficient (Wildman–Crippen LogP) is 4.68. The number of nitrogens with zero attached hydrogens (tertiary/aromatic N) is 3. The van der Waals surface area contributed by atoms with Crippen LogP contribution in [0.3, 0.4) is 0 Å². The van der Waals surface area contributed by atoms with Gasteiger partial charge in [-0.2, -0.15) is 5.10 Å². The lowest BCUT2D eigenvalue weighted by molar-refractivity contribution is -0.386. The van der Waals surface area contributed by atoms with E-state index in [0.717, 1.165) is 25.1 Å². The number of nitro groups is 2. The Kier molecular flexibility index (Phi) is 9.70. The molecule has 210 valence electrons. The predicted molar refractivity (Wildman–Crippen MR) is 142 cm³/mol. The van der Waals surface area contributed by atoms with Gasteiger partial charge in [0, 0.05) is 13.0 Å². The number of ether oxygens (including phenoxy) is 3. The highest BCUT2D eigenvalue weighted by atomic mass is 16.6. The van der Waals surface area contributed by atoms with Gasteiger partial charge in [-0.05, 0) is 41.0 Å². The van der Waals surface area contributed by atoms with Crippen LogP contribution in [0.2, 0.25) is 0 Å². The van der Waals surface area contributed by atoms with E-state index < -0.39 is 34.0 Å². The minimum absolute atomic E-state index is 0.00197. The second-order valence-electron chi connectivity index (χ2n) is 10.5. The van der Waals surface area contributed by atoms with Crippen LogP contribution in [0.4, 0.5) is 11.4 Å². The molecule has 0 aliphatic carbocycles. The molecule has 0 saturated heterocycles. The van der Waals surface area contributed by atoms with Gasteiger partial charge in [0.25, 0.3) is 5.91 Å². The zero-order valence-corrected chi connectivity index (χ0v) is 22.9. The Morgan fingerprint density at radius 1 is 1.03 bits per heavy atom. The highest BCUT2D eigenvalue weighted by molar-refractivity contribution is 5.90. The van der Waals surface area contributed by atoms with Crippen molar-refractivity contribution in [3.8, 4) is 17.2 Å². The lowest BCUT2D eigenvalue weighted by atomic mass is 9.72. The van der Waals surface area contributed by atoms with Gasteiger partial charge in [0.05, 0.1) is 28.7 Å². The molecule has 13 heteroatoms. The van der Waals surface area contributed by atoms with E-state index in [1.54, 1.807) is 6.07 Å². The third-order valence-corrected chi connectivity index (χ3v) is 5.43. The molecule has 2 aromatic carbocycles.